The zero-order valence-electron chi connectivity index (χ0n) is 8.36. The first kappa shape index (κ1) is 11.0. The average molecular weight is 212 g/mol. The maximum absolute atomic E-state index is 5.02. The fraction of sp³-hybridized carbons (Fsp3) is 0.556. The minimum Gasteiger partial charge on any atom is -0.363 e. The monoisotopic (exact) mass is 212 g/mol. The molecule has 0 aliphatic heterocycles. The van der Waals surface area contributed by atoms with Crippen LogP contribution in [0.4, 0.5) is 0 Å². The summed E-state index contributed by atoms with van der Waals surface area (Å²) in [6.45, 7) is 4.70. The van der Waals surface area contributed by atoms with Gasteiger partial charge in [-0.2, -0.15) is 5.10 Å². The molecular formula is C9H16N4S. The van der Waals surface area contributed by atoms with Gasteiger partial charge >= 0.3 is 0 Å². The van der Waals surface area contributed by atoms with Gasteiger partial charge in [-0.05, 0) is 31.6 Å². The van der Waals surface area contributed by atoms with Crippen LogP contribution in [0.15, 0.2) is 18.5 Å². The zero-order chi connectivity index (χ0) is 10.2. The summed E-state index contributed by atoms with van der Waals surface area (Å²) < 4.78 is 1.91. The van der Waals surface area contributed by atoms with Crippen molar-refractivity contribution >= 4 is 17.3 Å². The quantitative estimate of drug-likeness (QED) is 0.558. The number of aryl methyl sites for hydroxylation is 1. The third kappa shape index (κ3) is 4.23. The Kier molecular flexibility index (Phi) is 4.99. The van der Waals surface area contributed by atoms with E-state index in [1.54, 1.807) is 6.20 Å². The van der Waals surface area contributed by atoms with E-state index in [-0.39, 0.29) is 0 Å². The highest BCUT2D eigenvalue weighted by Gasteiger charge is 1.93. The third-order valence-corrected chi connectivity index (χ3v) is 2.03. The van der Waals surface area contributed by atoms with E-state index < -0.39 is 0 Å². The summed E-state index contributed by atoms with van der Waals surface area (Å²) in [5.74, 6) is 0. The Balaban J connectivity index is 2.02. The minimum atomic E-state index is 0.730. The van der Waals surface area contributed by atoms with Crippen LogP contribution in [0.5, 0.6) is 0 Å². The second-order valence-corrected chi connectivity index (χ2v) is 3.32. The van der Waals surface area contributed by atoms with Crippen LogP contribution in [0, 0.1) is 0 Å². The van der Waals surface area contributed by atoms with Gasteiger partial charge < -0.3 is 10.6 Å². The highest BCUT2D eigenvalue weighted by molar-refractivity contribution is 7.80. The first-order chi connectivity index (χ1) is 6.83. The Morgan fingerprint density at radius 2 is 2.36 bits per heavy atom. The lowest BCUT2D eigenvalue weighted by Gasteiger charge is -2.08. The molecule has 0 saturated heterocycles. The van der Waals surface area contributed by atoms with Crippen LogP contribution in [0.25, 0.3) is 0 Å². The van der Waals surface area contributed by atoms with Gasteiger partial charge in [0.15, 0.2) is 5.11 Å². The van der Waals surface area contributed by atoms with Crippen molar-refractivity contribution in [1.29, 1.82) is 0 Å². The maximum atomic E-state index is 5.02. The topological polar surface area (TPSA) is 41.9 Å². The van der Waals surface area contributed by atoms with Gasteiger partial charge in [-0.25, -0.2) is 0 Å². The summed E-state index contributed by atoms with van der Waals surface area (Å²) in [5.41, 5.74) is 0. The molecule has 2 N–H and O–H groups in total. The summed E-state index contributed by atoms with van der Waals surface area (Å²) in [7, 11) is 0. The van der Waals surface area contributed by atoms with Gasteiger partial charge in [0.25, 0.3) is 0 Å². The molecular weight excluding hydrogens is 196 g/mol. The van der Waals surface area contributed by atoms with Gasteiger partial charge in [0.05, 0.1) is 0 Å². The number of nitrogens with one attached hydrogen (secondary N) is 2. The Bertz CT molecular complexity index is 258. The molecule has 14 heavy (non-hydrogen) atoms. The molecule has 1 aromatic heterocycles. The SMILES string of the molecule is CCNC(=S)NCCCn1cccn1. The van der Waals surface area contributed by atoms with E-state index in [9.17, 15) is 0 Å². The lowest BCUT2D eigenvalue weighted by Crippen LogP contribution is -2.35. The molecule has 0 amide bonds. The number of thiocarbonyl (C=S) groups is 1. The number of hydrogen-bond acceptors (Lipinski definition) is 2. The first-order valence-electron chi connectivity index (χ1n) is 4.82. The molecule has 1 aromatic rings. The predicted octanol–water partition coefficient (Wildman–Crippen LogP) is 0.757. The number of rotatable bonds is 5. The van der Waals surface area contributed by atoms with Crippen molar-refractivity contribution in [3.63, 3.8) is 0 Å². The predicted molar refractivity (Wildman–Crippen MR) is 61.1 cm³/mol. The van der Waals surface area contributed by atoms with E-state index >= 15 is 0 Å². The molecule has 0 fully saturated rings. The van der Waals surface area contributed by atoms with E-state index in [1.165, 1.54) is 0 Å². The molecule has 0 saturated carbocycles. The van der Waals surface area contributed by atoms with Crippen LogP contribution >= 0.6 is 12.2 Å². The van der Waals surface area contributed by atoms with E-state index in [0.717, 1.165) is 31.2 Å². The molecule has 4 nitrogen and oxygen atoms in total. The van der Waals surface area contributed by atoms with Crippen LogP contribution < -0.4 is 10.6 Å². The van der Waals surface area contributed by atoms with Gasteiger partial charge in [0.2, 0.25) is 0 Å². The van der Waals surface area contributed by atoms with Crippen molar-refractivity contribution in [2.45, 2.75) is 19.9 Å². The summed E-state index contributed by atoms with van der Waals surface area (Å²) in [5, 5.41) is 11.0. The lowest BCUT2D eigenvalue weighted by atomic mass is 10.4. The highest BCUT2D eigenvalue weighted by Crippen LogP contribution is 1.87. The summed E-state index contributed by atoms with van der Waals surface area (Å²) in [6.07, 6.45) is 4.77. The Morgan fingerprint density at radius 1 is 1.50 bits per heavy atom. The molecule has 0 atom stereocenters. The minimum absolute atomic E-state index is 0.730. The van der Waals surface area contributed by atoms with Crippen LogP contribution in [-0.2, 0) is 6.54 Å². The van der Waals surface area contributed by atoms with Crippen LogP contribution in [0.1, 0.15) is 13.3 Å². The second-order valence-electron chi connectivity index (χ2n) is 2.91. The van der Waals surface area contributed by atoms with E-state index in [2.05, 4.69) is 15.7 Å². The van der Waals surface area contributed by atoms with Crippen molar-refractivity contribution in [3.8, 4) is 0 Å². The molecule has 0 unspecified atom stereocenters. The van der Waals surface area contributed by atoms with Gasteiger partial charge in [-0.3, -0.25) is 4.68 Å². The van der Waals surface area contributed by atoms with E-state index in [0.29, 0.717) is 0 Å². The van der Waals surface area contributed by atoms with E-state index in [1.807, 2.05) is 23.9 Å². The van der Waals surface area contributed by atoms with Crippen LogP contribution in [0.2, 0.25) is 0 Å². The fourth-order valence-corrected chi connectivity index (χ4v) is 1.35. The normalized spacial score (nSPS) is 9.79. The number of hydrogen-bond donors (Lipinski definition) is 2. The van der Waals surface area contributed by atoms with E-state index in [4.69, 9.17) is 12.2 Å². The third-order valence-electron chi connectivity index (χ3n) is 1.75. The number of nitrogens with zero attached hydrogens (tertiary/aromatic N) is 2. The molecule has 0 spiro atoms. The maximum Gasteiger partial charge on any atom is 0.166 e. The molecule has 0 aromatic carbocycles. The van der Waals surface area contributed by atoms with Gasteiger partial charge in [0.1, 0.15) is 0 Å². The van der Waals surface area contributed by atoms with Gasteiger partial charge in [-0.1, -0.05) is 0 Å². The summed E-state index contributed by atoms with van der Waals surface area (Å²) in [4.78, 5) is 0. The standard InChI is InChI=1S/C9H16N4S/c1-2-10-9(14)11-5-3-7-13-8-4-6-12-13/h4,6,8H,2-3,5,7H2,1H3,(H2,10,11,14). The van der Waals surface area contributed by atoms with Gasteiger partial charge in [-0.15, -0.1) is 0 Å². The highest BCUT2D eigenvalue weighted by atomic mass is 32.1. The molecule has 0 aliphatic rings. The largest absolute Gasteiger partial charge is 0.363 e. The second kappa shape index (κ2) is 6.37. The number of aromatic nitrogens is 2. The lowest BCUT2D eigenvalue weighted by molar-refractivity contribution is 0.572. The first-order valence-corrected chi connectivity index (χ1v) is 5.23. The molecule has 1 rings (SSSR count). The molecule has 0 radical (unpaired) electrons. The molecule has 5 heteroatoms. The Hall–Kier alpha value is -1.10. The average Bonchev–Trinajstić information content (AvgIpc) is 2.65. The van der Waals surface area contributed by atoms with Crippen molar-refractivity contribution in [1.82, 2.24) is 20.4 Å². The van der Waals surface area contributed by atoms with Crippen molar-refractivity contribution < 1.29 is 0 Å². The molecule has 78 valence electrons. The smallest absolute Gasteiger partial charge is 0.166 e. The Labute approximate surface area is 89.7 Å². The molecule has 1 heterocycles. The van der Waals surface area contributed by atoms with Crippen LogP contribution in [-0.4, -0.2) is 28.0 Å². The van der Waals surface area contributed by atoms with Crippen molar-refractivity contribution in [2.75, 3.05) is 13.1 Å². The summed E-state index contributed by atoms with van der Waals surface area (Å²) >= 11 is 5.02. The Morgan fingerprint density at radius 3 is 3.00 bits per heavy atom. The van der Waals surface area contributed by atoms with Crippen molar-refractivity contribution in [2.24, 2.45) is 0 Å². The van der Waals surface area contributed by atoms with Crippen molar-refractivity contribution in [3.05, 3.63) is 18.5 Å². The molecule has 0 aliphatic carbocycles. The zero-order valence-corrected chi connectivity index (χ0v) is 9.18. The van der Waals surface area contributed by atoms with Gasteiger partial charge in [0, 0.05) is 32.0 Å². The fourth-order valence-electron chi connectivity index (χ4n) is 1.10. The summed E-state index contributed by atoms with van der Waals surface area (Å²) in [6, 6.07) is 1.93. The molecule has 0 bridgehead atoms. The van der Waals surface area contributed by atoms with Crippen LogP contribution in [0.3, 0.4) is 0 Å².